The fourth-order valence-electron chi connectivity index (χ4n) is 1.25. The highest BCUT2D eigenvalue weighted by atomic mass is 32.1. The minimum absolute atomic E-state index is 0.325. The summed E-state index contributed by atoms with van der Waals surface area (Å²) in [5.74, 6) is 0. The molecule has 0 aromatic heterocycles. The fraction of sp³-hybridized carbons (Fsp3) is 0.222. The number of urea groups is 1. The molecule has 0 saturated carbocycles. The Morgan fingerprint density at radius 1 is 1.36 bits per heavy atom. The van der Waals surface area contributed by atoms with Crippen LogP contribution in [0.25, 0.3) is 0 Å². The number of carbonyl (C=O) groups excluding carboxylic acids is 1. The zero-order valence-corrected chi connectivity index (χ0v) is 8.26. The summed E-state index contributed by atoms with van der Waals surface area (Å²) in [4.78, 5) is 12.7. The van der Waals surface area contributed by atoms with Gasteiger partial charge in [-0.3, -0.25) is 4.90 Å². The van der Waals surface area contributed by atoms with E-state index in [1.807, 2.05) is 30.3 Å². The van der Waals surface area contributed by atoms with Crippen LogP contribution in [0.3, 0.4) is 0 Å². The highest BCUT2D eigenvalue weighted by Gasteiger charge is 2.25. The number of benzene rings is 1. The maximum absolute atomic E-state index is 11.2. The Bertz CT molecular complexity index is 366. The van der Waals surface area contributed by atoms with Gasteiger partial charge >= 0.3 is 6.03 Å². The Morgan fingerprint density at radius 2 is 2.07 bits per heavy atom. The molecule has 0 fully saturated rings. The first kappa shape index (κ1) is 9.21. The van der Waals surface area contributed by atoms with Crippen molar-refractivity contribution in [2.75, 3.05) is 0 Å². The minimum Gasteiger partial charge on any atom is -0.285 e. The number of hydrogen-bond donors (Lipinski definition) is 1. The Hall–Kier alpha value is -1.36. The van der Waals surface area contributed by atoms with Gasteiger partial charge in [-0.2, -0.15) is 0 Å². The molecular formula is C9H9N3OS. The number of hydrogen-bond acceptors (Lipinski definition) is 3. The highest BCUT2D eigenvalue weighted by Crippen LogP contribution is 2.18. The zero-order valence-electron chi connectivity index (χ0n) is 7.37. The van der Waals surface area contributed by atoms with E-state index in [1.54, 1.807) is 0 Å². The molecule has 0 N–H and O–H groups in total. The predicted octanol–water partition coefficient (Wildman–Crippen LogP) is 2.29. The number of rotatable bonds is 2. The molecule has 0 radical (unpaired) electrons. The van der Waals surface area contributed by atoms with Crippen LogP contribution in [-0.4, -0.2) is 16.4 Å². The molecule has 14 heavy (non-hydrogen) atoms. The van der Waals surface area contributed by atoms with Crippen molar-refractivity contribution < 1.29 is 4.79 Å². The number of azo groups is 1. The summed E-state index contributed by atoms with van der Waals surface area (Å²) in [5.41, 5.74) is 0.606. The van der Waals surface area contributed by atoms with Crippen LogP contribution in [0.5, 0.6) is 0 Å². The third kappa shape index (κ3) is 1.77. The van der Waals surface area contributed by atoms with E-state index >= 15 is 0 Å². The van der Waals surface area contributed by atoms with Crippen LogP contribution in [0, 0.1) is 0 Å². The molecule has 1 aliphatic rings. The molecule has 0 spiro atoms. The Labute approximate surface area is 87.0 Å². The lowest BCUT2D eigenvalue weighted by molar-refractivity contribution is 0.213. The topological polar surface area (TPSA) is 45.0 Å². The van der Waals surface area contributed by atoms with Gasteiger partial charge in [0.25, 0.3) is 0 Å². The van der Waals surface area contributed by atoms with Crippen molar-refractivity contribution in [2.24, 2.45) is 10.2 Å². The van der Waals surface area contributed by atoms with E-state index in [-0.39, 0.29) is 6.03 Å². The van der Waals surface area contributed by atoms with E-state index in [0.717, 1.165) is 5.56 Å². The summed E-state index contributed by atoms with van der Waals surface area (Å²) >= 11 is 4.12. The molecule has 1 aromatic carbocycles. The van der Waals surface area contributed by atoms with Gasteiger partial charge in [-0.05, 0) is 5.56 Å². The van der Waals surface area contributed by atoms with Crippen LogP contribution in [0.1, 0.15) is 5.56 Å². The van der Waals surface area contributed by atoms with Crippen molar-refractivity contribution in [1.29, 1.82) is 0 Å². The lowest BCUT2D eigenvalue weighted by Crippen LogP contribution is -2.28. The monoisotopic (exact) mass is 207 g/mol. The third-order valence-electron chi connectivity index (χ3n) is 1.97. The van der Waals surface area contributed by atoms with Crippen molar-refractivity contribution in [2.45, 2.75) is 12.0 Å². The standard InChI is InChI=1S/C9H9N3OS/c13-8-10-11-9(14)12(8)6-7-4-2-1-3-5-7/h1-5,9,14H,6H2. The largest absolute Gasteiger partial charge is 0.364 e. The van der Waals surface area contributed by atoms with Crippen LogP contribution in [-0.2, 0) is 6.54 Å². The molecular weight excluding hydrogens is 198 g/mol. The fourth-order valence-corrected chi connectivity index (χ4v) is 1.48. The lowest BCUT2D eigenvalue weighted by Gasteiger charge is -2.16. The molecule has 5 heteroatoms. The summed E-state index contributed by atoms with van der Waals surface area (Å²) < 4.78 is 0. The summed E-state index contributed by atoms with van der Waals surface area (Å²) in [6.07, 6.45) is 0. The summed E-state index contributed by atoms with van der Waals surface area (Å²) in [6.45, 7) is 0.501. The molecule has 1 heterocycles. The molecule has 0 aliphatic carbocycles. The molecule has 0 saturated heterocycles. The van der Waals surface area contributed by atoms with Crippen LogP contribution in [0.2, 0.25) is 0 Å². The first-order valence-corrected chi connectivity index (χ1v) is 4.72. The van der Waals surface area contributed by atoms with Crippen molar-refractivity contribution in [3.8, 4) is 0 Å². The normalized spacial score (nSPS) is 20.5. The Kier molecular flexibility index (Phi) is 2.49. The van der Waals surface area contributed by atoms with Gasteiger partial charge in [-0.1, -0.05) is 35.4 Å². The number of amides is 2. The van der Waals surface area contributed by atoms with Crippen molar-refractivity contribution in [3.05, 3.63) is 35.9 Å². The Morgan fingerprint density at radius 3 is 2.64 bits per heavy atom. The average molecular weight is 207 g/mol. The molecule has 72 valence electrons. The lowest BCUT2D eigenvalue weighted by atomic mass is 10.2. The van der Waals surface area contributed by atoms with Crippen LogP contribution < -0.4 is 0 Å². The number of carbonyl (C=O) groups is 1. The van der Waals surface area contributed by atoms with Gasteiger partial charge < -0.3 is 0 Å². The molecule has 1 atom stereocenters. The van der Waals surface area contributed by atoms with E-state index < -0.39 is 5.50 Å². The summed E-state index contributed by atoms with van der Waals surface area (Å²) in [6, 6.07) is 9.37. The summed E-state index contributed by atoms with van der Waals surface area (Å²) in [7, 11) is 0. The van der Waals surface area contributed by atoms with Crippen LogP contribution in [0.4, 0.5) is 4.79 Å². The SMILES string of the molecule is O=C1N=NC(S)N1Cc1ccccc1. The molecule has 0 bridgehead atoms. The predicted molar refractivity (Wildman–Crippen MR) is 55.0 cm³/mol. The smallest absolute Gasteiger partial charge is 0.285 e. The van der Waals surface area contributed by atoms with Gasteiger partial charge in [-0.15, -0.1) is 17.7 Å². The molecule has 1 aliphatic heterocycles. The number of nitrogens with zero attached hydrogens (tertiary/aromatic N) is 3. The molecule has 4 nitrogen and oxygen atoms in total. The van der Waals surface area contributed by atoms with Gasteiger partial charge in [-0.25, -0.2) is 4.79 Å². The van der Waals surface area contributed by atoms with Crippen molar-refractivity contribution >= 4 is 18.7 Å². The van der Waals surface area contributed by atoms with Gasteiger partial charge in [0.2, 0.25) is 0 Å². The van der Waals surface area contributed by atoms with Gasteiger partial charge in [0.05, 0.1) is 6.54 Å². The van der Waals surface area contributed by atoms with Crippen LogP contribution >= 0.6 is 12.6 Å². The molecule has 1 unspecified atom stereocenters. The molecule has 2 rings (SSSR count). The van der Waals surface area contributed by atoms with Gasteiger partial charge in [0, 0.05) is 0 Å². The zero-order chi connectivity index (χ0) is 9.97. The highest BCUT2D eigenvalue weighted by molar-refractivity contribution is 7.80. The van der Waals surface area contributed by atoms with E-state index in [0.29, 0.717) is 6.54 Å². The van der Waals surface area contributed by atoms with Crippen molar-refractivity contribution in [1.82, 2.24) is 4.90 Å². The Balaban J connectivity index is 2.09. The number of thiol groups is 1. The van der Waals surface area contributed by atoms with E-state index in [4.69, 9.17) is 0 Å². The van der Waals surface area contributed by atoms with Crippen molar-refractivity contribution in [3.63, 3.8) is 0 Å². The van der Waals surface area contributed by atoms with Gasteiger partial charge in [0.1, 0.15) is 0 Å². The maximum atomic E-state index is 11.2. The van der Waals surface area contributed by atoms with Crippen LogP contribution in [0.15, 0.2) is 40.6 Å². The second-order valence-electron chi connectivity index (χ2n) is 2.96. The third-order valence-corrected chi connectivity index (χ3v) is 2.35. The second-order valence-corrected chi connectivity index (χ2v) is 3.42. The second kappa shape index (κ2) is 3.79. The maximum Gasteiger partial charge on any atom is 0.364 e. The van der Waals surface area contributed by atoms with E-state index in [2.05, 4.69) is 22.9 Å². The first-order valence-electron chi connectivity index (χ1n) is 4.21. The minimum atomic E-state index is -0.442. The quantitative estimate of drug-likeness (QED) is 0.743. The molecule has 2 amide bonds. The van der Waals surface area contributed by atoms with Gasteiger partial charge in [0.15, 0.2) is 5.50 Å². The first-order chi connectivity index (χ1) is 6.77. The van der Waals surface area contributed by atoms with E-state index in [9.17, 15) is 4.79 Å². The molecule has 1 aromatic rings. The summed E-state index contributed by atoms with van der Waals surface area (Å²) in [5, 5.41) is 7.09. The average Bonchev–Trinajstić information content (AvgIpc) is 2.51. The van der Waals surface area contributed by atoms with E-state index in [1.165, 1.54) is 4.90 Å².